The standard InChI is InChI=1S/C13H18ClNO/c1-4-15(10(2)3)9-13(16)11-5-7-12(14)8-6-11/h5-8,10H,4,9H2,1-3H3. The summed E-state index contributed by atoms with van der Waals surface area (Å²) in [5, 5.41) is 0.660. The van der Waals surface area contributed by atoms with E-state index in [0.29, 0.717) is 17.6 Å². The quantitative estimate of drug-likeness (QED) is 0.736. The van der Waals surface area contributed by atoms with E-state index >= 15 is 0 Å². The molecule has 0 spiro atoms. The SMILES string of the molecule is CCN(CC(=O)c1ccc(Cl)cc1)C(C)C. The second-order valence-electron chi connectivity index (χ2n) is 4.09. The summed E-state index contributed by atoms with van der Waals surface area (Å²) in [6.07, 6.45) is 0. The maximum Gasteiger partial charge on any atom is 0.176 e. The van der Waals surface area contributed by atoms with Crippen molar-refractivity contribution in [2.24, 2.45) is 0 Å². The second-order valence-corrected chi connectivity index (χ2v) is 4.52. The van der Waals surface area contributed by atoms with Crippen molar-refractivity contribution in [3.05, 3.63) is 34.9 Å². The van der Waals surface area contributed by atoms with Crippen LogP contribution in [0.3, 0.4) is 0 Å². The summed E-state index contributed by atoms with van der Waals surface area (Å²) in [6.45, 7) is 7.61. The van der Waals surface area contributed by atoms with E-state index in [-0.39, 0.29) is 5.78 Å². The molecule has 0 aromatic heterocycles. The van der Waals surface area contributed by atoms with Gasteiger partial charge in [0.05, 0.1) is 6.54 Å². The van der Waals surface area contributed by atoms with Gasteiger partial charge in [-0.2, -0.15) is 0 Å². The number of ketones is 1. The highest BCUT2D eigenvalue weighted by molar-refractivity contribution is 6.30. The van der Waals surface area contributed by atoms with Gasteiger partial charge in [-0.3, -0.25) is 9.69 Å². The van der Waals surface area contributed by atoms with Crippen molar-refractivity contribution in [1.29, 1.82) is 0 Å². The first-order chi connectivity index (χ1) is 7.54. The number of halogens is 1. The maximum absolute atomic E-state index is 11.9. The Morgan fingerprint density at radius 3 is 2.31 bits per heavy atom. The molecule has 0 aliphatic heterocycles. The second kappa shape index (κ2) is 6.02. The monoisotopic (exact) mass is 239 g/mol. The molecule has 0 bridgehead atoms. The van der Waals surface area contributed by atoms with E-state index in [4.69, 9.17) is 11.6 Å². The van der Waals surface area contributed by atoms with Gasteiger partial charge in [-0.05, 0) is 44.7 Å². The molecule has 0 amide bonds. The zero-order valence-corrected chi connectivity index (χ0v) is 10.8. The molecule has 0 unspecified atom stereocenters. The lowest BCUT2D eigenvalue weighted by atomic mass is 10.1. The van der Waals surface area contributed by atoms with Crippen LogP contribution in [0.5, 0.6) is 0 Å². The molecule has 0 N–H and O–H groups in total. The summed E-state index contributed by atoms with van der Waals surface area (Å²) in [5.74, 6) is 0.146. The van der Waals surface area contributed by atoms with Crippen LogP contribution in [-0.4, -0.2) is 29.8 Å². The van der Waals surface area contributed by atoms with Gasteiger partial charge in [0.1, 0.15) is 0 Å². The number of benzene rings is 1. The number of Topliss-reactive ketones (excluding diaryl/α,β-unsaturated/α-hetero) is 1. The fourth-order valence-corrected chi connectivity index (χ4v) is 1.70. The molecule has 0 saturated carbocycles. The molecule has 2 nitrogen and oxygen atoms in total. The largest absolute Gasteiger partial charge is 0.294 e. The molecule has 0 atom stereocenters. The highest BCUT2D eigenvalue weighted by Gasteiger charge is 2.13. The minimum Gasteiger partial charge on any atom is -0.294 e. The lowest BCUT2D eigenvalue weighted by molar-refractivity contribution is 0.0911. The third kappa shape index (κ3) is 3.62. The fourth-order valence-electron chi connectivity index (χ4n) is 1.57. The first-order valence-electron chi connectivity index (χ1n) is 5.57. The van der Waals surface area contributed by atoms with Crippen molar-refractivity contribution in [3.8, 4) is 0 Å². The molecule has 0 saturated heterocycles. The summed E-state index contributed by atoms with van der Waals surface area (Å²) in [5.41, 5.74) is 0.725. The number of carbonyl (C=O) groups excluding carboxylic acids is 1. The number of rotatable bonds is 5. The van der Waals surface area contributed by atoms with Crippen molar-refractivity contribution < 1.29 is 4.79 Å². The number of hydrogen-bond acceptors (Lipinski definition) is 2. The fraction of sp³-hybridized carbons (Fsp3) is 0.462. The van der Waals surface area contributed by atoms with Crippen molar-refractivity contribution >= 4 is 17.4 Å². The first kappa shape index (κ1) is 13.2. The third-order valence-corrected chi connectivity index (χ3v) is 2.90. The zero-order valence-electron chi connectivity index (χ0n) is 10.0. The highest BCUT2D eigenvalue weighted by Crippen LogP contribution is 2.11. The molecular formula is C13H18ClNO. The maximum atomic E-state index is 11.9. The van der Waals surface area contributed by atoms with E-state index in [9.17, 15) is 4.79 Å². The van der Waals surface area contributed by atoms with Gasteiger partial charge in [-0.1, -0.05) is 18.5 Å². The number of likely N-dealkylation sites (N-methyl/N-ethyl adjacent to an activating group) is 1. The average molecular weight is 240 g/mol. The summed E-state index contributed by atoms with van der Waals surface area (Å²) in [4.78, 5) is 14.1. The van der Waals surface area contributed by atoms with Gasteiger partial charge in [0.2, 0.25) is 0 Å². The predicted molar refractivity (Wildman–Crippen MR) is 68.2 cm³/mol. The van der Waals surface area contributed by atoms with E-state index in [0.717, 1.165) is 12.1 Å². The average Bonchev–Trinajstić information content (AvgIpc) is 2.26. The molecular weight excluding hydrogens is 222 g/mol. The Hall–Kier alpha value is -0.860. The Kier molecular flexibility index (Phi) is 4.97. The van der Waals surface area contributed by atoms with Crippen LogP contribution in [0.15, 0.2) is 24.3 Å². The van der Waals surface area contributed by atoms with Gasteiger partial charge in [-0.25, -0.2) is 0 Å². The van der Waals surface area contributed by atoms with Crippen molar-refractivity contribution in [2.45, 2.75) is 26.8 Å². The minimum absolute atomic E-state index is 0.146. The van der Waals surface area contributed by atoms with Gasteiger partial charge in [-0.15, -0.1) is 0 Å². The summed E-state index contributed by atoms with van der Waals surface area (Å²) >= 11 is 5.78. The van der Waals surface area contributed by atoms with Gasteiger partial charge < -0.3 is 0 Å². The first-order valence-corrected chi connectivity index (χ1v) is 5.95. The van der Waals surface area contributed by atoms with E-state index in [1.165, 1.54) is 0 Å². The van der Waals surface area contributed by atoms with Crippen molar-refractivity contribution in [2.75, 3.05) is 13.1 Å². The molecule has 0 aliphatic rings. The summed E-state index contributed by atoms with van der Waals surface area (Å²) < 4.78 is 0. The van der Waals surface area contributed by atoms with Crippen LogP contribution in [0.25, 0.3) is 0 Å². The van der Waals surface area contributed by atoms with Crippen molar-refractivity contribution in [1.82, 2.24) is 4.90 Å². The van der Waals surface area contributed by atoms with Gasteiger partial charge in [0, 0.05) is 16.6 Å². The normalized spacial score (nSPS) is 11.1. The Morgan fingerprint density at radius 2 is 1.88 bits per heavy atom. The van der Waals surface area contributed by atoms with Crippen LogP contribution < -0.4 is 0 Å². The van der Waals surface area contributed by atoms with Gasteiger partial charge >= 0.3 is 0 Å². The van der Waals surface area contributed by atoms with Crippen LogP contribution in [0, 0.1) is 0 Å². The number of nitrogens with zero attached hydrogens (tertiary/aromatic N) is 1. The lowest BCUT2D eigenvalue weighted by Crippen LogP contribution is -2.35. The highest BCUT2D eigenvalue weighted by atomic mass is 35.5. The Morgan fingerprint density at radius 1 is 1.31 bits per heavy atom. The summed E-state index contributed by atoms with van der Waals surface area (Å²) in [7, 11) is 0. The van der Waals surface area contributed by atoms with Crippen LogP contribution in [0.2, 0.25) is 5.02 Å². The molecule has 3 heteroatoms. The minimum atomic E-state index is 0.146. The molecule has 88 valence electrons. The Labute approximate surface area is 102 Å². The van der Waals surface area contributed by atoms with Gasteiger partial charge in [0.15, 0.2) is 5.78 Å². The van der Waals surface area contributed by atoms with E-state index in [1.54, 1.807) is 24.3 Å². The third-order valence-electron chi connectivity index (χ3n) is 2.65. The van der Waals surface area contributed by atoms with Crippen LogP contribution >= 0.6 is 11.6 Å². The van der Waals surface area contributed by atoms with Crippen molar-refractivity contribution in [3.63, 3.8) is 0 Å². The number of hydrogen-bond donors (Lipinski definition) is 0. The topological polar surface area (TPSA) is 20.3 Å². The molecule has 1 aromatic carbocycles. The molecule has 16 heavy (non-hydrogen) atoms. The molecule has 0 fully saturated rings. The summed E-state index contributed by atoms with van der Waals surface area (Å²) in [6, 6.07) is 7.44. The van der Waals surface area contributed by atoms with E-state index < -0.39 is 0 Å². The zero-order chi connectivity index (χ0) is 12.1. The smallest absolute Gasteiger partial charge is 0.176 e. The number of carbonyl (C=O) groups is 1. The Balaban J connectivity index is 2.68. The van der Waals surface area contributed by atoms with E-state index in [1.807, 2.05) is 0 Å². The van der Waals surface area contributed by atoms with Crippen LogP contribution in [0.4, 0.5) is 0 Å². The predicted octanol–water partition coefficient (Wildman–Crippen LogP) is 3.25. The van der Waals surface area contributed by atoms with Gasteiger partial charge in [0.25, 0.3) is 0 Å². The molecule has 1 aromatic rings. The lowest BCUT2D eigenvalue weighted by Gasteiger charge is -2.23. The molecule has 1 rings (SSSR count). The molecule has 0 radical (unpaired) electrons. The van der Waals surface area contributed by atoms with Crippen LogP contribution in [-0.2, 0) is 0 Å². The Bertz CT molecular complexity index is 345. The molecule has 0 aliphatic carbocycles. The van der Waals surface area contributed by atoms with Crippen LogP contribution in [0.1, 0.15) is 31.1 Å². The molecule has 0 heterocycles. The van der Waals surface area contributed by atoms with E-state index in [2.05, 4.69) is 25.7 Å².